The zero-order chi connectivity index (χ0) is 19.8. The monoisotopic (exact) mass is 396 g/mol. The van der Waals surface area contributed by atoms with Crippen molar-refractivity contribution in [2.45, 2.75) is 52.1 Å². The molecule has 1 saturated heterocycles. The van der Waals surface area contributed by atoms with Crippen LogP contribution in [0.5, 0.6) is 0 Å². The molecule has 0 aliphatic carbocycles. The van der Waals surface area contributed by atoms with Gasteiger partial charge in [0.2, 0.25) is 0 Å². The number of imidazole rings is 1. The Kier molecular flexibility index (Phi) is 5.60. The molecule has 1 aromatic rings. The second-order valence-electron chi connectivity index (χ2n) is 7.29. The Morgan fingerprint density at radius 1 is 1.19 bits per heavy atom. The van der Waals surface area contributed by atoms with Gasteiger partial charge in [-0.2, -0.15) is 0 Å². The summed E-state index contributed by atoms with van der Waals surface area (Å²) in [5.41, 5.74) is 1.20. The van der Waals surface area contributed by atoms with Crippen LogP contribution in [0.25, 0.3) is 0 Å². The Hall–Kier alpha value is -1.90. The number of carbonyl (C=O) groups is 2. The van der Waals surface area contributed by atoms with Crippen LogP contribution in [0.3, 0.4) is 0 Å². The molecule has 2 aliphatic rings. The van der Waals surface area contributed by atoms with E-state index in [1.54, 1.807) is 11.9 Å². The minimum absolute atomic E-state index is 0.00591. The van der Waals surface area contributed by atoms with E-state index in [2.05, 4.69) is 4.98 Å². The van der Waals surface area contributed by atoms with E-state index < -0.39 is 9.84 Å². The van der Waals surface area contributed by atoms with Gasteiger partial charge in [0.05, 0.1) is 17.2 Å². The molecule has 2 amide bonds. The van der Waals surface area contributed by atoms with Gasteiger partial charge in [-0.15, -0.1) is 0 Å². The largest absolute Gasteiger partial charge is 0.338 e. The molecule has 150 valence electrons. The van der Waals surface area contributed by atoms with E-state index in [9.17, 15) is 18.0 Å². The van der Waals surface area contributed by atoms with Crippen molar-refractivity contribution in [2.75, 3.05) is 31.6 Å². The number of aromatic nitrogens is 2. The van der Waals surface area contributed by atoms with E-state index in [-0.39, 0.29) is 35.2 Å². The van der Waals surface area contributed by atoms with Gasteiger partial charge in [-0.1, -0.05) is 0 Å². The summed E-state index contributed by atoms with van der Waals surface area (Å²) in [6, 6.07) is -0.332. The van der Waals surface area contributed by atoms with Crippen molar-refractivity contribution in [1.29, 1.82) is 0 Å². The van der Waals surface area contributed by atoms with E-state index in [0.717, 1.165) is 25.0 Å². The first-order chi connectivity index (χ1) is 12.8. The molecule has 9 heteroatoms. The van der Waals surface area contributed by atoms with Gasteiger partial charge in [0, 0.05) is 32.7 Å². The molecule has 8 nitrogen and oxygen atoms in total. The summed E-state index contributed by atoms with van der Waals surface area (Å²) < 4.78 is 25.4. The number of nitrogens with zero attached hydrogens (tertiary/aromatic N) is 4. The summed E-state index contributed by atoms with van der Waals surface area (Å²) in [6.45, 7) is 5.68. The van der Waals surface area contributed by atoms with Crippen LogP contribution >= 0.6 is 0 Å². The lowest BCUT2D eigenvalue weighted by Crippen LogP contribution is -2.39. The fourth-order valence-electron chi connectivity index (χ4n) is 3.94. The van der Waals surface area contributed by atoms with Crippen LogP contribution in [0.4, 0.5) is 0 Å². The van der Waals surface area contributed by atoms with E-state index in [1.165, 1.54) is 4.90 Å². The van der Waals surface area contributed by atoms with Crippen LogP contribution in [0.2, 0.25) is 0 Å². The van der Waals surface area contributed by atoms with Gasteiger partial charge >= 0.3 is 0 Å². The first-order valence-corrected chi connectivity index (χ1v) is 11.5. The highest BCUT2D eigenvalue weighted by atomic mass is 32.2. The second-order valence-corrected chi connectivity index (χ2v) is 9.52. The van der Waals surface area contributed by atoms with E-state index in [0.29, 0.717) is 31.7 Å². The second kappa shape index (κ2) is 7.61. The van der Waals surface area contributed by atoms with Gasteiger partial charge < -0.3 is 14.4 Å². The Morgan fingerprint density at radius 3 is 2.48 bits per heavy atom. The smallest absolute Gasteiger partial charge is 0.289 e. The number of hydrogen-bond donors (Lipinski definition) is 0. The lowest BCUT2D eigenvalue weighted by atomic mass is 10.1. The number of hydrogen-bond acceptors (Lipinski definition) is 5. The average Bonchev–Trinajstić information content (AvgIpc) is 3.21. The van der Waals surface area contributed by atoms with Crippen molar-refractivity contribution in [1.82, 2.24) is 19.4 Å². The molecule has 1 unspecified atom stereocenters. The SMILES string of the molecule is CCN(CC)C(=O)c1nc(C(=O)N(C)C2CCS(=O)(=O)C2)n2c1CCCC2. The molecular formula is C18H28N4O4S. The quantitative estimate of drug-likeness (QED) is 0.739. The van der Waals surface area contributed by atoms with Crippen LogP contribution < -0.4 is 0 Å². The minimum Gasteiger partial charge on any atom is -0.338 e. The zero-order valence-corrected chi connectivity index (χ0v) is 17.1. The fraction of sp³-hybridized carbons (Fsp3) is 0.722. The molecule has 0 saturated carbocycles. The third-order valence-corrected chi connectivity index (χ3v) is 7.39. The standard InChI is InChI=1S/C18H28N4O4S/c1-4-21(5-2)17(23)15-14-8-6-7-10-22(14)16(19-15)18(24)20(3)13-9-11-27(25,26)12-13/h13H,4-12H2,1-3H3. The van der Waals surface area contributed by atoms with Crippen LogP contribution in [-0.4, -0.2) is 77.3 Å². The van der Waals surface area contributed by atoms with Gasteiger partial charge in [0.1, 0.15) is 5.69 Å². The molecule has 3 rings (SSSR count). The van der Waals surface area contributed by atoms with Crippen molar-refractivity contribution < 1.29 is 18.0 Å². The summed E-state index contributed by atoms with van der Waals surface area (Å²) in [5.74, 6) is -0.0871. The molecular weight excluding hydrogens is 368 g/mol. The minimum atomic E-state index is -3.08. The molecule has 1 aromatic heterocycles. The van der Waals surface area contributed by atoms with E-state index in [4.69, 9.17) is 0 Å². The van der Waals surface area contributed by atoms with Crippen molar-refractivity contribution in [2.24, 2.45) is 0 Å². The zero-order valence-electron chi connectivity index (χ0n) is 16.3. The maximum absolute atomic E-state index is 13.1. The van der Waals surface area contributed by atoms with Crippen molar-refractivity contribution in [3.8, 4) is 0 Å². The lowest BCUT2D eigenvalue weighted by molar-refractivity contribution is 0.0729. The summed E-state index contributed by atoms with van der Waals surface area (Å²) in [7, 11) is -1.45. The number of carbonyl (C=O) groups excluding carboxylic acids is 2. The Labute approximate surface area is 160 Å². The normalized spacial score (nSPS) is 20.9. The van der Waals surface area contributed by atoms with Gasteiger partial charge in [0.25, 0.3) is 11.8 Å². The van der Waals surface area contributed by atoms with Gasteiger partial charge in [-0.3, -0.25) is 9.59 Å². The molecule has 0 bridgehead atoms. The molecule has 0 radical (unpaired) electrons. The Bertz CT molecular complexity index is 842. The lowest BCUT2D eigenvalue weighted by Gasteiger charge is -2.24. The molecule has 1 fully saturated rings. The summed E-state index contributed by atoms with van der Waals surface area (Å²) in [6.07, 6.45) is 3.08. The average molecular weight is 397 g/mol. The summed E-state index contributed by atoms with van der Waals surface area (Å²) >= 11 is 0. The van der Waals surface area contributed by atoms with Crippen LogP contribution in [-0.2, 0) is 22.8 Å². The molecule has 27 heavy (non-hydrogen) atoms. The summed E-state index contributed by atoms with van der Waals surface area (Å²) in [4.78, 5) is 33.6. The Morgan fingerprint density at radius 2 is 1.89 bits per heavy atom. The number of fused-ring (bicyclic) bond motifs is 1. The molecule has 3 heterocycles. The van der Waals surface area contributed by atoms with E-state index in [1.807, 2.05) is 18.4 Å². The van der Waals surface area contributed by atoms with Crippen molar-refractivity contribution in [3.63, 3.8) is 0 Å². The molecule has 0 aromatic carbocycles. The third kappa shape index (κ3) is 3.74. The van der Waals surface area contributed by atoms with Gasteiger partial charge in [-0.05, 0) is 39.5 Å². The molecule has 0 N–H and O–H groups in total. The highest BCUT2D eigenvalue weighted by Gasteiger charge is 2.36. The van der Waals surface area contributed by atoms with E-state index >= 15 is 0 Å². The fourth-order valence-corrected chi connectivity index (χ4v) is 5.72. The Balaban J connectivity index is 1.93. The first-order valence-electron chi connectivity index (χ1n) is 9.65. The van der Waals surface area contributed by atoms with Crippen molar-refractivity contribution in [3.05, 3.63) is 17.2 Å². The number of rotatable bonds is 5. The van der Waals surface area contributed by atoms with Crippen LogP contribution in [0, 0.1) is 0 Å². The molecule has 0 spiro atoms. The topological polar surface area (TPSA) is 92.6 Å². The highest BCUT2D eigenvalue weighted by Crippen LogP contribution is 2.25. The number of amides is 2. The van der Waals surface area contributed by atoms with Crippen molar-refractivity contribution >= 4 is 21.7 Å². The third-order valence-electron chi connectivity index (χ3n) is 5.64. The maximum atomic E-state index is 13.1. The first kappa shape index (κ1) is 19.9. The molecule has 2 aliphatic heterocycles. The number of sulfone groups is 1. The van der Waals surface area contributed by atoms with Gasteiger partial charge in [-0.25, -0.2) is 13.4 Å². The highest BCUT2D eigenvalue weighted by molar-refractivity contribution is 7.91. The summed E-state index contributed by atoms with van der Waals surface area (Å²) in [5, 5.41) is 0. The predicted molar refractivity (Wildman–Crippen MR) is 102 cm³/mol. The van der Waals surface area contributed by atoms with Crippen LogP contribution in [0.1, 0.15) is 59.9 Å². The molecule has 1 atom stereocenters. The predicted octanol–water partition coefficient (Wildman–Crippen LogP) is 0.961. The maximum Gasteiger partial charge on any atom is 0.289 e. The van der Waals surface area contributed by atoms with Gasteiger partial charge in [0.15, 0.2) is 15.7 Å². The van der Waals surface area contributed by atoms with Crippen LogP contribution in [0.15, 0.2) is 0 Å².